The maximum absolute atomic E-state index is 6.14. The summed E-state index contributed by atoms with van der Waals surface area (Å²) in [5.74, 6) is 3.09. The van der Waals surface area contributed by atoms with E-state index in [9.17, 15) is 0 Å². The molecule has 0 saturated heterocycles. The van der Waals surface area contributed by atoms with Gasteiger partial charge in [-0.25, -0.2) is 0 Å². The van der Waals surface area contributed by atoms with Crippen molar-refractivity contribution in [3.63, 3.8) is 0 Å². The van der Waals surface area contributed by atoms with Crippen molar-refractivity contribution in [1.29, 1.82) is 0 Å². The van der Waals surface area contributed by atoms with Crippen LogP contribution in [-0.4, -0.2) is 31.3 Å². The zero-order valence-electron chi connectivity index (χ0n) is 13.8. The van der Waals surface area contributed by atoms with Gasteiger partial charge in [-0.3, -0.25) is 0 Å². The van der Waals surface area contributed by atoms with Crippen molar-refractivity contribution < 1.29 is 4.74 Å². The van der Waals surface area contributed by atoms with Gasteiger partial charge in [0.15, 0.2) is 0 Å². The summed E-state index contributed by atoms with van der Waals surface area (Å²) >= 11 is 1.95. The fourth-order valence-electron chi connectivity index (χ4n) is 2.65. The molecule has 1 aliphatic heterocycles. The van der Waals surface area contributed by atoms with Gasteiger partial charge in [-0.05, 0) is 51.4 Å². The van der Waals surface area contributed by atoms with Crippen LogP contribution in [0.1, 0.15) is 18.4 Å². The lowest BCUT2D eigenvalue weighted by atomic mass is 10.0. The van der Waals surface area contributed by atoms with Crippen molar-refractivity contribution in [2.45, 2.75) is 12.8 Å². The van der Waals surface area contributed by atoms with Gasteiger partial charge in [0.2, 0.25) is 0 Å². The Morgan fingerprint density at radius 3 is 2.74 bits per heavy atom. The number of benzene rings is 1. The predicted molar refractivity (Wildman–Crippen MR) is 100.0 cm³/mol. The van der Waals surface area contributed by atoms with Gasteiger partial charge in [0.05, 0.1) is 0 Å². The van der Waals surface area contributed by atoms with Crippen LogP contribution in [0.4, 0.5) is 0 Å². The fraction of sp³-hybridized carbons (Fsp3) is 0.300. The number of nitrogens with zero attached hydrogens (tertiary/aromatic N) is 1. The molecule has 0 radical (unpaired) electrons. The molecule has 23 heavy (non-hydrogen) atoms. The van der Waals surface area contributed by atoms with Gasteiger partial charge in [-0.15, -0.1) is 11.8 Å². The molecule has 1 aromatic rings. The Hall–Kier alpha value is -1.71. The molecule has 0 N–H and O–H groups in total. The highest BCUT2D eigenvalue weighted by Gasteiger charge is 2.21. The summed E-state index contributed by atoms with van der Waals surface area (Å²) < 4.78 is 6.14. The van der Waals surface area contributed by atoms with Crippen LogP contribution in [0.25, 0.3) is 5.76 Å². The van der Waals surface area contributed by atoms with Crippen molar-refractivity contribution in [2.24, 2.45) is 0 Å². The van der Waals surface area contributed by atoms with Crippen LogP contribution in [0, 0.1) is 0 Å². The molecule has 2 aliphatic rings. The standard InChI is InChI=1S/C20H23NOS/c1-21(2)13-8-14-23-20-15-19(16-9-4-3-5-10-16)22-18-12-7-6-11-17(18)20/h3-7,9-10,12,15H,8,11,13-14H2,1-2H3. The first-order chi connectivity index (χ1) is 11.2. The second-order valence-electron chi connectivity index (χ2n) is 5.99. The van der Waals surface area contributed by atoms with Gasteiger partial charge in [-0.1, -0.05) is 42.5 Å². The molecule has 3 heteroatoms. The first-order valence-electron chi connectivity index (χ1n) is 8.07. The maximum atomic E-state index is 6.14. The topological polar surface area (TPSA) is 12.5 Å². The number of thioether (sulfide) groups is 1. The number of fused-ring (bicyclic) bond motifs is 1. The van der Waals surface area contributed by atoms with Crippen LogP contribution in [-0.2, 0) is 4.74 Å². The van der Waals surface area contributed by atoms with Crippen molar-refractivity contribution in [3.05, 3.63) is 76.4 Å². The fourth-order valence-corrected chi connectivity index (χ4v) is 3.69. The number of hydrogen-bond acceptors (Lipinski definition) is 3. The molecule has 120 valence electrons. The van der Waals surface area contributed by atoms with Crippen LogP contribution in [0.5, 0.6) is 0 Å². The van der Waals surface area contributed by atoms with E-state index < -0.39 is 0 Å². The van der Waals surface area contributed by atoms with Crippen LogP contribution >= 0.6 is 11.8 Å². The van der Waals surface area contributed by atoms with E-state index in [-0.39, 0.29) is 0 Å². The van der Waals surface area contributed by atoms with E-state index in [4.69, 9.17) is 4.74 Å². The third kappa shape index (κ3) is 4.18. The third-order valence-electron chi connectivity index (χ3n) is 3.85. The first-order valence-corrected chi connectivity index (χ1v) is 9.05. The summed E-state index contributed by atoms with van der Waals surface area (Å²) in [5, 5.41) is 0. The van der Waals surface area contributed by atoms with Gasteiger partial charge in [-0.2, -0.15) is 0 Å². The normalized spacial score (nSPS) is 16.8. The molecule has 0 fully saturated rings. The lowest BCUT2D eigenvalue weighted by Gasteiger charge is -2.24. The molecule has 0 unspecified atom stereocenters. The highest BCUT2D eigenvalue weighted by Crippen LogP contribution is 2.39. The van der Waals surface area contributed by atoms with Crippen molar-refractivity contribution >= 4 is 17.5 Å². The molecular formula is C20H23NOS. The van der Waals surface area contributed by atoms with Crippen molar-refractivity contribution in [2.75, 3.05) is 26.4 Å². The van der Waals surface area contributed by atoms with E-state index in [0.29, 0.717) is 0 Å². The highest BCUT2D eigenvalue weighted by molar-refractivity contribution is 8.03. The highest BCUT2D eigenvalue weighted by atomic mass is 32.2. The summed E-state index contributed by atoms with van der Waals surface area (Å²) in [6.45, 7) is 1.13. The zero-order valence-corrected chi connectivity index (χ0v) is 14.6. The molecule has 0 atom stereocenters. The molecule has 0 bridgehead atoms. The molecule has 0 saturated carbocycles. The van der Waals surface area contributed by atoms with E-state index in [2.05, 4.69) is 67.6 Å². The number of hydrogen-bond donors (Lipinski definition) is 0. The Kier molecular flexibility index (Phi) is 5.42. The molecular weight excluding hydrogens is 302 g/mol. The smallest absolute Gasteiger partial charge is 0.135 e. The summed E-state index contributed by atoms with van der Waals surface area (Å²) in [7, 11) is 4.25. The summed E-state index contributed by atoms with van der Waals surface area (Å²) in [4.78, 5) is 3.59. The van der Waals surface area contributed by atoms with Crippen LogP contribution in [0.2, 0.25) is 0 Å². The van der Waals surface area contributed by atoms with Gasteiger partial charge < -0.3 is 9.64 Å². The van der Waals surface area contributed by atoms with Crippen molar-refractivity contribution in [1.82, 2.24) is 4.90 Å². The number of ether oxygens (including phenoxy) is 1. The van der Waals surface area contributed by atoms with Gasteiger partial charge in [0.1, 0.15) is 11.5 Å². The minimum absolute atomic E-state index is 0.950. The number of allylic oxidation sites excluding steroid dienone is 5. The first kappa shape index (κ1) is 16.2. The Morgan fingerprint density at radius 2 is 1.96 bits per heavy atom. The molecule has 1 aliphatic carbocycles. The zero-order chi connectivity index (χ0) is 16.1. The molecule has 1 aromatic carbocycles. The third-order valence-corrected chi connectivity index (χ3v) is 5.02. The molecule has 0 aromatic heterocycles. The minimum atomic E-state index is 0.950. The molecule has 0 spiro atoms. The second kappa shape index (κ2) is 7.71. The second-order valence-corrected chi connectivity index (χ2v) is 7.12. The molecule has 0 amide bonds. The van der Waals surface area contributed by atoms with Gasteiger partial charge in [0.25, 0.3) is 0 Å². The lowest BCUT2D eigenvalue weighted by molar-refractivity contribution is 0.385. The average molecular weight is 325 g/mol. The largest absolute Gasteiger partial charge is 0.456 e. The number of rotatable bonds is 6. The Bertz CT molecular complexity index is 668. The van der Waals surface area contributed by atoms with Crippen molar-refractivity contribution in [3.8, 4) is 0 Å². The lowest BCUT2D eigenvalue weighted by Crippen LogP contribution is -2.13. The van der Waals surface area contributed by atoms with Crippen LogP contribution < -0.4 is 0 Å². The van der Waals surface area contributed by atoms with E-state index in [1.54, 1.807) is 0 Å². The minimum Gasteiger partial charge on any atom is -0.456 e. The Labute approximate surface area is 143 Å². The summed E-state index contributed by atoms with van der Waals surface area (Å²) in [5.41, 5.74) is 2.45. The Balaban J connectivity index is 1.80. The SMILES string of the molecule is CN(C)CCCSC1=C2CC=CC=C2OC(c2ccccc2)=C1. The molecule has 3 rings (SSSR count). The van der Waals surface area contributed by atoms with E-state index in [0.717, 1.165) is 35.8 Å². The molecule has 2 nitrogen and oxygen atoms in total. The molecule has 1 heterocycles. The average Bonchev–Trinajstić information content (AvgIpc) is 2.59. The maximum Gasteiger partial charge on any atom is 0.135 e. The summed E-state index contributed by atoms with van der Waals surface area (Å²) in [6, 6.07) is 10.3. The van der Waals surface area contributed by atoms with E-state index in [1.807, 2.05) is 17.8 Å². The van der Waals surface area contributed by atoms with Gasteiger partial charge >= 0.3 is 0 Å². The Morgan fingerprint density at radius 1 is 1.13 bits per heavy atom. The van der Waals surface area contributed by atoms with Crippen LogP contribution in [0.3, 0.4) is 0 Å². The monoisotopic (exact) mass is 325 g/mol. The quantitative estimate of drug-likeness (QED) is 0.694. The van der Waals surface area contributed by atoms with Crippen LogP contribution in [0.15, 0.2) is 70.9 Å². The van der Waals surface area contributed by atoms with E-state index in [1.165, 1.54) is 16.9 Å². The summed E-state index contributed by atoms with van der Waals surface area (Å²) in [6.07, 6.45) is 10.7. The van der Waals surface area contributed by atoms with E-state index >= 15 is 0 Å². The van der Waals surface area contributed by atoms with Gasteiger partial charge in [0, 0.05) is 16.0 Å². The predicted octanol–water partition coefficient (Wildman–Crippen LogP) is 4.84.